The molecule has 2 nitrogen and oxygen atoms in total. The number of hydrogen-bond acceptors (Lipinski definition) is 2. The van der Waals surface area contributed by atoms with E-state index in [1.54, 1.807) is 0 Å². The molecule has 1 saturated carbocycles. The van der Waals surface area contributed by atoms with Crippen molar-refractivity contribution in [3.05, 3.63) is 0 Å². The van der Waals surface area contributed by atoms with Crippen molar-refractivity contribution >= 4 is 0 Å². The Morgan fingerprint density at radius 1 is 1.23 bits per heavy atom. The average molecular weight is 184 g/mol. The molecule has 78 valence electrons. The Labute approximate surface area is 82.3 Å². The highest BCUT2D eigenvalue weighted by Gasteiger charge is 2.20. The standard InChI is InChI=1S/C11H24N2/c1-9(8-12)13-10(2)11-6-4-3-5-7-11/h9-11,13H,3-8,12H2,1-2H3. The third-order valence-electron chi connectivity index (χ3n) is 3.26. The number of nitrogens with two attached hydrogens (primary N) is 1. The summed E-state index contributed by atoms with van der Waals surface area (Å²) in [4.78, 5) is 0. The van der Waals surface area contributed by atoms with Gasteiger partial charge in [-0.15, -0.1) is 0 Å². The van der Waals surface area contributed by atoms with E-state index in [4.69, 9.17) is 5.73 Å². The van der Waals surface area contributed by atoms with E-state index in [-0.39, 0.29) is 0 Å². The third-order valence-corrected chi connectivity index (χ3v) is 3.26. The molecule has 1 rings (SSSR count). The normalized spacial score (nSPS) is 24.2. The zero-order chi connectivity index (χ0) is 9.68. The van der Waals surface area contributed by atoms with Crippen molar-refractivity contribution in [2.24, 2.45) is 11.7 Å². The highest BCUT2D eigenvalue weighted by Crippen LogP contribution is 2.26. The van der Waals surface area contributed by atoms with Crippen LogP contribution in [0.15, 0.2) is 0 Å². The number of hydrogen-bond donors (Lipinski definition) is 2. The van der Waals surface area contributed by atoms with Gasteiger partial charge in [0.2, 0.25) is 0 Å². The molecule has 0 aromatic rings. The topological polar surface area (TPSA) is 38.0 Å². The molecule has 0 amide bonds. The summed E-state index contributed by atoms with van der Waals surface area (Å²) in [7, 11) is 0. The summed E-state index contributed by atoms with van der Waals surface area (Å²) in [5, 5.41) is 3.57. The van der Waals surface area contributed by atoms with E-state index < -0.39 is 0 Å². The zero-order valence-corrected chi connectivity index (χ0v) is 9.05. The van der Waals surface area contributed by atoms with Crippen molar-refractivity contribution in [2.75, 3.05) is 6.54 Å². The van der Waals surface area contributed by atoms with Crippen LogP contribution in [0, 0.1) is 5.92 Å². The summed E-state index contributed by atoms with van der Waals surface area (Å²) >= 11 is 0. The number of rotatable bonds is 4. The molecule has 0 bridgehead atoms. The molecule has 0 radical (unpaired) electrons. The van der Waals surface area contributed by atoms with Gasteiger partial charge in [-0.25, -0.2) is 0 Å². The van der Waals surface area contributed by atoms with Crippen molar-refractivity contribution in [1.29, 1.82) is 0 Å². The van der Waals surface area contributed by atoms with Crippen LogP contribution in [0.2, 0.25) is 0 Å². The van der Waals surface area contributed by atoms with E-state index in [1.165, 1.54) is 32.1 Å². The number of nitrogens with one attached hydrogen (secondary N) is 1. The Hall–Kier alpha value is -0.0800. The first kappa shape index (κ1) is 11.0. The van der Waals surface area contributed by atoms with Crippen LogP contribution in [0.1, 0.15) is 46.0 Å². The first-order valence-electron chi connectivity index (χ1n) is 5.70. The molecule has 1 aliphatic carbocycles. The molecule has 0 aliphatic heterocycles. The molecule has 1 aliphatic rings. The first-order valence-corrected chi connectivity index (χ1v) is 5.70. The summed E-state index contributed by atoms with van der Waals surface area (Å²) in [6.45, 7) is 5.22. The summed E-state index contributed by atoms with van der Waals surface area (Å²) in [5.74, 6) is 0.891. The summed E-state index contributed by atoms with van der Waals surface area (Å²) in [6, 6.07) is 1.12. The highest BCUT2D eigenvalue weighted by molar-refractivity contribution is 4.78. The first-order chi connectivity index (χ1) is 6.24. The van der Waals surface area contributed by atoms with Gasteiger partial charge in [-0.1, -0.05) is 19.3 Å². The molecule has 0 aromatic carbocycles. The maximum absolute atomic E-state index is 5.59. The second-order valence-corrected chi connectivity index (χ2v) is 4.49. The van der Waals surface area contributed by atoms with Gasteiger partial charge in [0.15, 0.2) is 0 Å². The van der Waals surface area contributed by atoms with Crippen LogP contribution in [0.25, 0.3) is 0 Å². The quantitative estimate of drug-likeness (QED) is 0.700. The van der Waals surface area contributed by atoms with E-state index in [2.05, 4.69) is 19.2 Å². The van der Waals surface area contributed by atoms with Gasteiger partial charge in [0.25, 0.3) is 0 Å². The summed E-state index contributed by atoms with van der Waals surface area (Å²) < 4.78 is 0. The van der Waals surface area contributed by atoms with Gasteiger partial charge < -0.3 is 11.1 Å². The largest absolute Gasteiger partial charge is 0.329 e. The fraction of sp³-hybridized carbons (Fsp3) is 1.00. The van der Waals surface area contributed by atoms with E-state index in [0.717, 1.165) is 12.5 Å². The van der Waals surface area contributed by atoms with E-state index >= 15 is 0 Å². The monoisotopic (exact) mass is 184 g/mol. The minimum absolute atomic E-state index is 0.469. The lowest BCUT2D eigenvalue weighted by Crippen LogP contribution is -2.43. The SMILES string of the molecule is CC(CN)NC(C)C1CCCCC1. The predicted molar refractivity (Wildman–Crippen MR) is 57.7 cm³/mol. The fourth-order valence-electron chi connectivity index (χ4n) is 2.29. The lowest BCUT2D eigenvalue weighted by atomic mass is 9.84. The lowest BCUT2D eigenvalue weighted by Gasteiger charge is -2.30. The minimum atomic E-state index is 0.469. The van der Waals surface area contributed by atoms with Crippen LogP contribution in [0.3, 0.4) is 0 Å². The molecule has 13 heavy (non-hydrogen) atoms. The van der Waals surface area contributed by atoms with E-state index in [1.807, 2.05) is 0 Å². The molecule has 0 saturated heterocycles. The van der Waals surface area contributed by atoms with Gasteiger partial charge in [0.1, 0.15) is 0 Å². The lowest BCUT2D eigenvalue weighted by molar-refractivity contribution is 0.268. The van der Waals surface area contributed by atoms with Crippen LogP contribution < -0.4 is 11.1 Å². The molecule has 2 atom stereocenters. The maximum Gasteiger partial charge on any atom is 0.0164 e. The molecule has 0 heterocycles. The minimum Gasteiger partial charge on any atom is -0.329 e. The molecule has 0 aromatic heterocycles. The van der Waals surface area contributed by atoms with Gasteiger partial charge in [-0.2, -0.15) is 0 Å². The Morgan fingerprint density at radius 2 is 1.85 bits per heavy atom. The molecule has 2 unspecified atom stereocenters. The molecule has 3 N–H and O–H groups in total. The molecule has 2 heteroatoms. The smallest absolute Gasteiger partial charge is 0.0164 e. The summed E-state index contributed by atoms with van der Waals surface area (Å²) in [5.41, 5.74) is 5.59. The van der Waals surface area contributed by atoms with Crippen molar-refractivity contribution in [3.63, 3.8) is 0 Å². The maximum atomic E-state index is 5.59. The fourth-order valence-corrected chi connectivity index (χ4v) is 2.29. The van der Waals surface area contributed by atoms with E-state index in [0.29, 0.717) is 12.1 Å². The van der Waals surface area contributed by atoms with Crippen molar-refractivity contribution in [3.8, 4) is 0 Å². The Kier molecular flexibility index (Phi) is 4.74. The van der Waals surface area contributed by atoms with Crippen LogP contribution in [0.4, 0.5) is 0 Å². The zero-order valence-electron chi connectivity index (χ0n) is 9.05. The van der Waals surface area contributed by atoms with Crippen LogP contribution in [-0.2, 0) is 0 Å². The molecular weight excluding hydrogens is 160 g/mol. The van der Waals surface area contributed by atoms with Gasteiger partial charge in [0, 0.05) is 18.6 Å². The Bertz CT molecular complexity index is 130. The highest BCUT2D eigenvalue weighted by atomic mass is 15.0. The third kappa shape index (κ3) is 3.65. The molecule has 1 fully saturated rings. The van der Waals surface area contributed by atoms with Crippen molar-refractivity contribution in [1.82, 2.24) is 5.32 Å². The Morgan fingerprint density at radius 3 is 2.38 bits per heavy atom. The van der Waals surface area contributed by atoms with Gasteiger partial charge in [-0.05, 0) is 32.6 Å². The van der Waals surface area contributed by atoms with Crippen LogP contribution in [-0.4, -0.2) is 18.6 Å². The molecular formula is C11H24N2. The average Bonchev–Trinajstić information content (AvgIpc) is 2.19. The van der Waals surface area contributed by atoms with Gasteiger partial charge >= 0.3 is 0 Å². The van der Waals surface area contributed by atoms with E-state index in [9.17, 15) is 0 Å². The predicted octanol–water partition coefficient (Wildman–Crippen LogP) is 1.89. The van der Waals surface area contributed by atoms with Gasteiger partial charge in [0.05, 0.1) is 0 Å². The van der Waals surface area contributed by atoms with Crippen molar-refractivity contribution < 1.29 is 0 Å². The van der Waals surface area contributed by atoms with Crippen molar-refractivity contribution in [2.45, 2.75) is 58.0 Å². The Balaban J connectivity index is 2.24. The van der Waals surface area contributed by atoms with Crippen LogP contribution in [0.5, 0.6) is 0 Å². The summed E-state index contributed by atoms with van der Waals surface area (Å²) in [6.07, 6.45) is 7.11. The second-order valence-electron chi connectivity index (χ2n) is 4.49. The van der Waals surface area contributed by atoms with Gasteiger partial charge in [-0.3, -0.25) is 0 Å². The molecule has 0 spiro atoms. The second kappa shape index (κ2) is 5.61. The van der Waals surface area contributed by atoms with Crippen LogP contribution >= 0.6 is 0 Å².